The van der Waals surface area contributed by atoms with Gasteiger partial charge in [0.2, 0.25) is 0 Å². The molecule has 0 saturated carbocycles. The summed E-state index contributed by atoms with van der Waals surface area (Å²) < 4.78 is 13.5. The zero-order valence-corrected chi connectivity index (χ0v) is 14.5. The maximum absolute atomic E-state index is 6.23. The van der Waals surface area contributed by atoms with Crippen LogP contribution in [0, 0.1) is 0 Å². The number of hydrogen-bond donors (Lipinski definition) is 1. The Morgan fingerprint density at radius 3 is 2.43 bits per heavy atom. The van der Waals surface area contributed by atoms with E-state index < -0.39 is 0 Å². The lowest BCUT2D eigenvalue weighted by atomic mass is 9.83. The van der Waals surface area contributed by atoms with E-state index in [0.717, 1.165) is 35.4 Å². The molecule has 1 aromatic rings. The van der Waals surface area contributed by atoms with Crippen molar-refractivity contribution in [3.63, 3.8) is 0 Å². The molecule has 3 atom stereocenters. The van der Waals surface area contributed by atoms with E-state index in [1.54, 1.807) is 0 Å². The highest BCUT2D eigenvalue weighted by molar-refractivity contribution is 9.10. The van der Waals surface area contributed by atoms with Gasteiger partial charge in [-0.3, -0.25) is 0 Å². The van der Waals surface area contributed by atoms with Crippen LogP contribution in [0.1, 0.15) is 50.3 Å². The van der Waals surface area contributed by atoms with Crippen LogP contribution in [-0.4, -0.2) is 18.8 Å². The molecule has 3 aliphatic heterocycles. The van der Waals surface area contributed by atoms with Gasteiger partial charge in [-0.05, 0) is 56.1 Å². The molecule has 3 aliphatic rings. The van der Waals surface area contributed by atoms with Crippen LogP contribution in [0.2, 0.25) is 0 Å². The van der Waals surface area contributed by atoms with Gasteiger partial charge in [-0.15, -0.1) is 0 Å². The van der Waals surface area contributed by atoms with Crippen LogP contribution in [0.15, 0.2) is 4.47 Å². The van der Waals surface area contributed by atoms with Crippen molar-refractivity contribution in [1.29, 1.82) is 0 Å². The van der Waals surface area contributed by atoms with Gasteiger partial charge in [0.15, 0.2) is 0 Å². The Hall–Kier alpha value is -0.740. The number of halogens is 1. The summed E-state index contributed by atoms with van der Waals surface area (Å²) in [6, 6.07) is 0. The summed E-state index contributed by atoms with van der Waals surface area (Å²) in [4.78, 5) is 0. The predicted molar refractivity (Wildman–Crippen MR) is 86.3 cm³/mol. The van der Waals surface area contributed by atoms with Crippen LogP contribution in [0.3, 0.4) is 0 Å². The van der Waals surface area contributed by atoms with Gasteiger partial charge in [0.05, 0.1) is 4.47 Å². The van der Waals surface area contributed by atoms with E-state index >= 15 is 0 Å². The zero-order chi connectivity index (χ0) is 14.8. The molecular weight excluding hydrogens is 330 g/mol. The van der Waals surface area contributed by atoms with E-state index in [1.165, 1.54) is 29.5 Å². The second kappa shape index (κ2) is 4.63. The van der Waals surface area contributed by atoms with E-state index in [0.29, 0.717) is 0 Å². The monoisotopic (exact) mass is 351 g/mol. The highest BCUT2D eigenvalue weighted by atomic mass is 79.9. The Labute approximate surface area is 134 Å². The molecule has 3 nitrogen and oxygen atoms in total. The largest absolute Gasteiger partial charge is 0.490 e. The van der Waals surface area contributed by atoms with E-state index in [1.807, 2.05) is 0 Å². The summed E-state index contributed by atoms with van der Waals surface area (Å²) in [6.45, 7) is 7.70. The molecule has 0 aliphatic carbocycles. The van der Waals surface area contributed by atoms with Crippen molar-refractivity contribution in [1.82, 2.24) is 5.32 Å². The number of rotatable bonds is 1. The molecule has 0 spiro atoms. The smallest absolute Gasteiger partial charge is 0.138 e. The Morgan fingerprint density at radius 1 is 1.10 bits per heavy atom. The van der Waals surface area contributed by atoms with Crippen molar-refractivity contribution in [3.05, 3.63) is 21.2 Å². The van der Waals surface area contributed by atoms with Crippen LogP contribution in [0.25, 0.3) is 0 Å². The van der Waals surface area contributed by atoms with E-state index in [-0.39, 0.29) is 17.7 Å². The van der Waals surface area contributed by atoms with Gasteiger partial charge in [-0.25, -0.2) is 0 Å². The summed E-state index contributed by atoms with van der Waals surface area (Å²) in [7, 11) is 0. The lowest BCUT2D eigenvalue weighted by Crippen LogP contribution is -2.34. The third kappa shape index (κ3) is 1.95. The molecule has 0 aromatic heterocycles. The molecule has 3 heterocycles. The Balaban J connectivity index is 1.97. The first-order valence-electron chi connectivity index (χ1n) is 7.95. The lowest BCUT2D eigenvalue weighted by Gasteiger charge is -2.29. The summed E-state index contributed by atoms with van der Waals surface area (Å²) in [6.07, 6.45) is 4.83. The number of hydrogen-bond acceptors (Lipinski definition) is 3. The second-order valence-electron chi connectivity index (χ2n) is 6.93. The van der Waals surface area contributed by atoms with Gasteiger partial charge in [0, 0.05) is 35.1 Å². The molecule has 4 heteroatoms. The van der Waals surface area contributed by atoms with Crippen molar-refractivity contribution in [2.45, 2.75) is 64.2 Å². The highest BCUT2D eigenvalue weighted by Gasteiger charge is 2.43. The van der Waals surface area contributed by atoms with Gasteiger partial charge in [0.1, 0.15) is 23.7 Å². The SMILES string of the molecule is CC1Cc2c(c(Br)c3c(c2C2(C)CCCN2)OC(C)C3)O1. The maximum Gasteiger partial charge on any atom is 0.138 e. The van der Waals surface area contributed by atoms with E-state index in [4.69, 9.17) is 9.47 Å². The Kier molecular flexibility index (Phi) is 3.06. The third-order valence-corrected chi connectivity index (χ3v) is 5.92. The summed E-state index contributed by atoms with van der Waals surface area (Å²) in [5.41, 5.74) is 4.02. The summed E-state index contributed by atoms with van der Waals surface area (Å²) >= 11 is 3.77. The Bertz CT molecular complexity index is 568. The number of ether oxygens (including phenoxy) is 2. The average Bonchev–Trinajstić information content (AvgIpc) is 3.09. The average molecular weight is 352 g/mol. The molecule has 114 valence electrons. The molecular formula is C17H22BrNO2. The van der Waals surface area contributed by atoms with Crippen LogP contribution in [0.4, 0.5) is 0 Å². The van der Waals surface area contributed by atoms with Crippen LogP contribution in [0.5, 0.6) is 11.5 Å². The molecule has 0 radical (unpaired) electrons. The first kappa shape index (κ1) is 13.9. The molecule has 1 fully saturated rings. The fourth-order valence-corrected chi connectivity index (χ4v) is 4.83. The van der Waals surface area contributed by atoms with Crippen LogP contribution < -0.4 is 14.8 Å². The van der Waals surface area contributed by atoms with Crippen molar-refractivity contribution >= 4 is 15.9 Å². The fraction of sp³-hybridized carbons (Fsp3) is 0.647. The van der Waals surface area contributed by atoms with E-state index in [9.17, 15) is 0 Å². The quantitative estimate of drug-likeness (QED) is 0.836. The molecule has 0 bridgehead atoms. The minimum absolute atomic E-state index is 0.0202. The van der Waals surface area contributed by atoms with Crippen molar-refractivity contribution < 1.29 is 9.47 Å². The topological polar surface area (TPSA) is 30.5 Å². The number of fused-ring (bicyclic) bond motifs is 2. The molecule has 21 heavy (non-hydrogen) atoms. The molecule has 0 amide bonds. The van der Waals surface area contributed by atoms with Crippen molar-refractivity contribution in [2.75, 3.05) is 6.54 Å². The standard InChI is InChI=1S/C17H22BrNO2/c1-9-7-11-13(17(3)5-4-6-19-17)15-12(8-10(2)20-15)14(18)16(11)21-9/h9-10,19H,4-8H2,1-3H3. The first-order valence-corrected chi connectivity index (χ1v) is 8.75. The summed E-state index contributed by atoms with van der Waals surface area (Å²) in [5.74, 6) is 2.17. The third-order valence-electron chi connectivity index (χ3n) is 5.08. The molecule has 4 rings (SSSR count). The second-order valence-corrected chi connectivity index (χ2v) is 7.72. The predicted octanol–water partition coefficient (Wildman–Crippen LogP) is 3.69. The van der Waals surface area contributed by atoms with Crippen LogP contribution in [-0.2, 0) is 18.4 Å². The molecule has 1 saturated heterocycles. The van der Waals surface area contributed by atoms with Crippen molar-refractivity contribution in [2.24, 2.45) is 0 Å². The highest BCUT2D eigenvalue weighted by Crippen LogP contribution is 2.53. The number of nitrogens with one attached hydrogen (secondary N) is 1. The van der Waals surface area contributed by atoms with Crippen LogP contribution >= 0.6 is 15.9 Å². The minimum Gasteiger partial charge on any atom is -0.490 e. The Morgan fingerprint density at radius 2 is 1.76 bits per heavy atom. The van der Waals surface area contributed by atoms with Crippen molar-refractivity contribution in [3.8, 4) is 11.5 Å². The lowest BCUT2D eigenvalue weighted by molar-refractivity contribution is 0.246. The van der Waals surface area contributed by atoms with Gasteiger partial charge in [0.25, 0.3) is 0 Å². The first-order chi connectivity index (χ1) is 9.99. The molecule has 3 unspecified atom stereocenters. The van der Waals surface area contributed by atoms with Gasteiger partial charge in [-0.2, -0.15) is 0 Å². The number of benzene rings is 1. The van der Waals surface area contributed by atoms with Gasteiger partial charge >= 0.3 is 0 Å². The maximum atomic E-state index is 6.23. The minimum atomic E-state index is 0.0202. The van der Waals surface area contributed by atoms with Gasteiger partial charge in [-0.1, -0.05) is 0 Å². The molecule has 1 N–H and O–H groups in total. The zero-order valence-electron chi connectivity index (χ0n) is 12.9. The molecule has 1 aromatic carbocycles. The normalized spacial score (nSPS) is 33.5. The van der Waals surface area contributed by atoms with Gasteiger partial charge < -0.3 is 14.8 Å². The summed E-state index contributed by atoms with van der Waals surface area (Å²) in [5, 5.41) is 3.71. The van der Waals surface area contributed by atoms with E-state index in [2.05, 4.69) is 42.0 Å². The fourth-order valence-electron chi connectivity index (χ4n) is 4.15.